The predicted octanol–water partition coefficient (Wildman–Crippen LogP) is 6.14. The van der Waals surface area contributed by atoms with E-state index in [-0.39, 0.29) is 10.8 Å². The monoisotopic (exact) mass is 325 g/mol. The number of halogens is 1. The SMILES string of the molecule is CCCCCCCCCCC/C(=N/O)c1cccc(Cl)c1O. The van der Waals surface area contributed by atoms with Gasteiger partial charge in [-0.25, -0.2) is 0 Å². The first kappa shape index (κ1) is 18.8. The van der Waals surface area contributed by atoms with Gasteiger partial charge in [0.1, 0.15) is 5.75 Å². The molecular formula is C18H28ClNO2. The molecule has 0 aromatic heterocycles. The van der Waals surface area contributed by atoms with E-state index in [1.807, 2.05) is 0 Å². The maximum atomic E-state index is 9.92. The van der Waals surface area contributed by atoms with E-state index in [0.717, 1.165) is 12.8 Å². The van der Waals surface area contributed by atoms with Gasteiger partial charge in [-0.3, -0.25) is 0 Å². The highest BCUT2D eigenvalue weighted by Crippen LogP contribution is 2.28. The summed E-state index contributed by atoms with van der Waals surface area (Å²) < 4.78 is 0. The fraction of sp³-hybridized carbons (Fsp3) is 0.611. The van der Waals surface area contributed by atoms with Gasteiger partial charge < -0.3 is 10.3 Å². The Hall–Kier alpha value is -1.22. The molecule has 3 nitrogen and oxygen atoms in total. The molecule has 0 radical (unpaired) electrons. The molecule has 124 valence electrons. The Bertz CT molecular complexity index is 460. The van der Waals surface area contributed by atoms with E-state index >= 15 is 0 Å². The van der Waals surface area contributed by atoms with Crippen LogP contribution in [0.5, 0.6) is 5.75 Å². The van der Waals surface area contributed by atoms with Crippen LogP contribution in [0.1, 0.15) is 76.7 Å². The summed E-state index contributed by atoms with van der Waals surface area (Å²) in [5.41, 5.74) is 1.03. The molecule has 1 aromatic carbocycles. The van der Waals surface area contributed by atoms with Gasteiger partial charge in [0.15, 0.2) is 0 Å². The average Bonchev–Trinajstić information content (AvgIpc) is 2.53. The first-order chi connectivity index (χ1) is 10.7. The van der Waals surface area contributed by atoms with Gasteiger partial charge in [-0.2, -0.15) is 0 Å². The number of unbranched alkanes of at least 4 members (excludes halogenated alkanes) is 8. The quantitative estimate of drug-likeness (QED) is 0.222. The molecule has 0 bridgehead atoms. The summed E-state index contributed by atoms with van der Waals surface area (Å²) in [5.74, 6) is -0.00658. The van der Waals surface area contributed by atoms with E-state index < -0.39 is 0 Å². The molecule has 4 heteroatoms. The molecule has 0 saturated heterocycles. The van der Waals surface area contributed by atoms with Crippen LogP contribution in [0.2, 0.25) is 5.02 Å². The third-order valence-corrected chi connectivity index (χ3v) is 4.24. The number of phenols is 1. The van der Waals surface area contributed by atoms with E-state index in [1.54, 1.807) is 18.2 Å². The lowest BCUT2D eigenvalue weighted by Gasteiger charge is -2.08. The first-order valence-corrected chi connectivity index (χ1v) is 8.77. The van der Waals surface area contributed by atoms with Crippen LogP contribution < -0.4 is 0 Å². The van der Waals surface area contributed by atoms with Crippen LogP contribution >= 0.6 is 11.6 Å². The number of oxime groups is 1. The number of nitrogens with zero attached hydrogens (tertiary/aromatic N) is 1. The normalized spacial score (nSPS) is 11.8. The molecule has 2 N–H and O–H groups in total. The fourth-order valence-corrected chi connectivity index (χ4v) is 2.76. The lowest BCUT2D eigenvalue weighted by molar-refractivity contribution is 0.317. The second kappa shape index (κ2) is 11.4. The minimum absolute atomic E-state index is 0.00658. The summed E-state index contributed by atoms with van der Waals surface area (Å²) in [6.07, 6.45) is 11.9. The molecule has 1 aromatic rings. The third-order valence-electron chi connectivity index (χ3n) is 3.94. The number of benzene rings is 1. The Kier molecular flexibility index (Phi) is 9.72. The summed E-state index contributed by atoms with van der Waals surface area (Å²) >= 11 is 5.88. The molecule has 0 atom stereocenters. The molecule has 0 aliphatic carbocycles. The van der Waals surface area contributed by atoms with Crippen LogP contribution in [0.25, 0.3) is 0 Å². The Morgan fingerprint density at radius 2 is 1.59 bits per heavy atom. The number of hydrogen-bond acceptors (Lipinski definition) is 3. The highest BCUT2D eigenvalue weighted by atomic mass is 35.5. The van der Waals surface area contributed by atoms with E-state index in [4.69, 9.17) is 16.8 Å². The van der Waals surface area contributed by atoms with Gasteiger partial charge in [0.25, 0.3) is 0 Å². The number of aromatic hydroxyl groups is 1. The summed E-state index contributed by atoms with van der Waals surface area (Å²) in [5, 5.41) is 22.7. The lowest BCUT2D eigenvalue weighted by atomic mass is 10.0. The largest absolute Gasteiger partial charge is 0.506 e. The molecule has 0 saturated carbocycles. The minimum atomic E-state index is -0.00658. The Labute approximate surface area is 139 Å². The Morgan fingerprint density at radius 3 is 2.18 bits per heavy atom. The van der Waals surface area contributed by atoms with E-state index in [1.165, 1.54) is 44.9 Å². The zero-order chi connectivity index (χ0) is 16.2. The molecule has 0 spiro atoms. The predicted molar refractivity (Wildman–Crippen MR) is 93.3 cm³/mol. The molecule has 0 amide bonds. The summed E-state index contributed by atoms with van der Waals surface area (Å²) in [6.45, 7) is 2.23. The van der Waals surface area contributed by atoms with Crippen molar-refractivity contribution in [2.45, 2.75) is 71.1 Å². The highest BCUT2D eigenvalue weighted by molar-refractivity contribution is 6.32. The Morgan fingerprint density at radius 1 is 1.00 bits per heavy atom. The Balaban J connectivity index is 2.24. The van der Waals surface area contributed by atoms with E-state index in [2.05, 4.69) is 12.1 Å². The van der Waals surface area contributed by atoms with Crippen molar-refractivity contribution in [3.05, 3.63) is 28.8 Å². The van der Waals surface area contributed by atoms with Crippen LogP contribution in [-0.4, -0.2) is 16.0 Å². The van der Waals surface area contributed by atoms with Crippen molar-refractivity contribution in [1.82, 2.24) is 0 Å². The molecule has 0 fully saturated rings. The van der Waals surface area contributed by atoms with Crippen LogP contribution in [0.4, 0.5) is 0 Å². The summed E-state index contributed by atoms with van der Waals surface area (Å²) in [7, 11) is 0. The van der Waals surface area contributed by atoms with Crippen molar-refractivity contribution < 1.29 is 10.3 Å². The molecule has 22 heavy (non-hydrogen) atoms. The van der Waals surface area contributed by atoms with Gasteiger partial charge in [0.2, 0.25) is 0 Å². The number of rotatable bonds is 11. The topological polar surface area (TPSA) is 52.8 Å². The van der Waals surface area contributed by atoms with E-state index in [9.17, 15) is 5.11 Å². The van der Waals surface area contributed by atoms with Gasteiger partial charge in [-0.1, -0.05) is 81.1 Å². The van der Waals surface area contributed by atoms with Crippen molar-refractivity contribution in [3.63, 3.8) is 0 Å². The average molecular weight is 326 g/mol. The standard InChI is InChI=1S/C18H28ClNO2/c1-2-3-4-5-6-7-8-9-10-14-17(20-22)15-12-11-13-16(19)18(15)21/h11-13,21-22H,2-10,14H2,1H3/b20-17-. The smallest absolute Gasteiger partial charge is 0.143 e. The first-order valence-electron chi connectivity index (χ1n) is 8.39. The third kappa shape index (κ3) is 6.69. The zero-order valence-corrected chi connectivity index (χ0v) is 14.3. The minimum Gasteiger partial charge on any atom is -0.506 e. The molecular weight excluding hydrogens is 298 g/mol. The highest BCUT2D eigenvalue weighted by Gasteiger charge is 2.11. The molecule has 0 aliphatic heterocycles. The van der Waals surface area contributed by atoms with Crippen molar-refractivity contribution >= 4 is 17.3 Å². The lowest BCUT2D eigenvalue weighted by Crippen LogP contribution is -2.02. The van der Waals surface area contributed by atoms with Gasteiger partial charge in [0.05, 0.1) is 10.7 Å². The van der Waals surface area contributed by atoms with Crippen LogP contribution in [0.15, 0.2) is 23.4 Å². The zero-order valence-electron chi connectivity index (χ0n) is 13.5. The maximum Gasteiger partial charge on any atom is 0.143 e. The maximum absolute atomic E-state index is 9.92. The summed E-state index contributed by atoms with van der Waals surface area (Å²) in [4.78, 5) is 0. The van der Waals surface area contributed by atoms with Crippen molar-refractivity contribution in [2.75, 3.05) is 0 Å². The van der Waals surface area contributed by atoms with Crippen molar-refractivity contribution in [1.29, 1.82) is 0 Å². The molecule has 0 heterocycles. The fourth-order valence-electron chi connectivity index (χ4n) is 2.59. The van der Waals surface area contributed by atoms with Crippen LogP contribution in [0, 0.1) is 0 Å². The second-order valence-electron chi connectivity index (χ2n) is 5.76. The molecule has 0 aliphatic rings. The van der Waals surface area contributed by atoms with Gasteiger partial charge in [0, 0.05) is 5.56 Å². The van der Waals surface area contributed by atoms with Crippen LogP contribution in [-0.2, 0) is 0 Å². The number of phenolic OH excluding ortho intramolecular Hbond substituents is 1. The van der Waals surface area contributed by atoms with Gasteiger partial charge in [-0.05, 0) is 25.0 Å². The van der Waals surface area contributed by atoms with Crippen LogP contribution in [0.3, 0.4) is 0 Å². The van der Waals surface area contributed by atoms with Gasteiger partial charge >= 0.3 is 0 Å². The number of para-hydroxylation sites is 1. The second-order valence-corrected chi connectivity index (χ2v) is 6.17. The summed E-state index contributed by atoms with van der Waals surface area (Å²) in [6, 6.07) is 5.09. The van der Waals surface area contributed by atoms with Crippen molar-refractivity contribution in [2.24, 2.45) is 5.16 Å². The van der Waals surface area contributed by atoms with E-state index in [0.29, 0.717) is 17.7 Å². The van der Waals surface area contributed by atoms with Gasteiger partial charge in [-0.15, -0.1) is 0 Å². The van der Waals surface area contributed by atoms with Crippen molar-refractivity contribution in [3.8, 4) is 5.75 Å². The number of hydrogen-bond donors (Lipinski definition) is 2. The molecule has 1 rings (SSSR count). The molecule has 0 unspecified atom stereocenters.